The van der Waals surface area contributed by atoms with Gasteiger partial charge in [-0.15, -0.1) is 10.2 Å². The zero-order valence-corrected chi connectivity index (χ0v) is 16.4. The van der Waals surface area contributed by atoms with Gasteiger partial charge in [-0.2, -0.15) is 0 Å². The minimum Gasteiger partial charge on any atom is -0.461 e. The summed E-state index contributed by atoms with van der Waals surface area (Å²) < 4.78 is 13.0. The molecule has 1 aliphatic rings. The van der Waals surface area contributed by atoms with Gasteiger partial charge in [0.2, 0.25) is 5.91 Å². The molecule has 9 heteroatoms. The number of fused-ring (bicyclic) bond motifs is 3. The van der Waals surface area contributed by atoms with Crippen LogP contribution in [-0.2, 0) is 9.53 Å². The van der Waals surface area contributed by atoms with Crippen LogP contribution in [-0.4, -0.2) is 50.5 Å². The Morgan fingerprint density at radius 3 is 3.00 bits per heavy atom. The van der Waals surface area contributed by atoms with Crippen molar-refractivity contribution >= 4 is 34.2 Å². The number of aromatic nitrogens is 4. The van der Waals surface area contributed by atoms with Crippen molar-refractivity contribution in [2.75, 3.05) is 18.9 Å². The highest BCUT2D eigenvalue weighted by molar-refractivity contribution is 7.99. The highest BCUT2D eigenvalue weighted by Crippen LogP contribution is 2.29. The molecule has 29 heavy (non-hydrogen) atoms. The van der Waals surface area contributed by atoms with Gasteiger partial charge in [0.25, 0.3) is 0 Å². The van der Waals surface area contributed by atoms with Crippen LogP contribution in [0.5, 0.6) is 0 Å². The Morgan fingerprint density at radius 1 is 1.24 bits per heavy atom. The number of thioether (sulfide) groups is 1. The number of nitrogens with zero attached hydrogens (tertiary/aromatic N) is 4. The summed E-state index contributed by atoms with van der Waals surface area (Å²) in [5.41, 5.74) is 1.49. The van der Waals surface area contributed by atoms with E-state index in [1.807, 2.05) is 40.8 Å². The number of nitrogens with one attached hydrogen (secondary N) is 1. The summed E-state index contributed by atoms with van der Waals surface area (Å²) >= 11 is 1.32. The van der Waals surface area contributed by atoms with E-state index in [9.17, 15) is 4.79 Å². The second-order valence-corrected chi connectivity index (χ2v) is 7.74. The lowest BCUT2D eigenvalue weighted by Gasteiger charge is -2.10. The Bertz CT molecular complexity index is 1150. The number of para-hydroxylation sites is 1. The Kier molecular flexibility index (Phi) is 4.91. The number of ether oxygens (including phenoxy) is 1. The minimum absolute atomic E-state index is 0.0597. The van der Waals surface area contributed by atoms with Crippen molar-refractivity contribution in [2.24, 2.45) is 0 Å². The largest absolute Gasteiger partial charge is 0.461 e. The van der Waals surface area contributed by atoms with Gasteiger partial charge in [-0.05, 0) is 37.1 Å². The average Bonchev–Trinajstić information content (AvgIpc) is 3.52. The Morgan fingerprint density at radius 2 is 2.17 bits per heavy atom. The first-order valence-electron chi connectivity index (χ1n) is 9.48. The molecular weight excluding hydrogens is 390 g/mol. The van der Waals surface area contributed by atoms with Crippen molar-refractivity contribution in [3.05, 3.63) is 42.7 Å². The molecule has 148 valence electrons. The number of furan rings is 1. The molecule has 0 aliphatic carbocycles. The smallest absolute Gasteiger partial charge is 0.230 e. The monoisotopic (exact) mass is 409 g/mol. The first-order chi connectivity index (χ1) is 14.3. The van der Waals surface area contributed by atoms with Gasteiger partial charge < -0.3 is 14.5 Å². The number of benzene rings is 1. The van der Waals surface area contributed by atoms with E-state index in [2.05, 4.69) is 15.5 Å². The van der Waals surface area contributed by atoms with Crippen LogP contribution in [0.15, 0.2) is 52.2 Å². The van der Waals surface area contributed by atoms with Gasteiger partial charge in [-0.3, -0.25) is 9.20 Å². The molecule has 4 heterocycles. The molecule has 0 spiro atoms. The molecule has 1 saturated heterocycles. The summed E-state index contributed by atoms with van der Waals surface area (Å²) in [4.78, 5) is 17.0. The van der Waals surface area contributed by atoms with Crippen LogP contribution in [0.1, 0.15) is 12.8 Å². The number of carbonyl (C=O) groups is 1. The predicted octanol–water partition coefficient (Wildman–Crippen LogP) is 2.92. The molecule has 1 atom stereocenters. The Balaban J connectivity index is 1.43. The third-order valence-corrected chi connectivity index (χ3v) is 5.77. The summed E-state index contributed by atoms with van der Waals surface area (Å²) in [6.45, 7) is 1.32. The molecule has 4 aromatic rings. The lowest BCUT2D eigenvalue weighted by molar-refractivity contribution is -0.119. The van der Waals surface area contributed by atoms with Crippen molar-refractivity contribution in [1.29, 1.82) is 0 Å². The van der Waals surface area contributed by atoms with Crippen LogP contribution in [0.25, 0.3) is 28.1 Å². The van der Waals surface area contributed by atoms with E-state index in [1.54, 1.807) is 6.26 Å². The molecule has 8 nitrogen and oxygen atoms in total. The number of amides is 1. The summed E-state index contributed by atoms with van der Waals surface area (Å²) in [6.07, 6.45) is 3.78. The quantitative estimate of drug-likeness (QED) is 0.489. The van der Waals surface area contributed by atoms with E-state index in [4.69, 9.17) is 14.1 Å². The van der Waals surface area contributed by atoms with Crippen molar-refractivity contribution in [2.45, 2.75) is 24.1 Å². The molecule has 1 aliphatic heterocycles. The van der Waals surface area contributed by atoms with E-state index in [0.717, 1.165) is 30.4 Å². The molecule has 1 fully saturated rings. The second kappa shape index (κ2) is 7.84. The van der Waals surface area contributed by atoms with Gasteiger partial charge in [-0.1, -0.05) is 23.9 Å². The van der Waals surface area contributed by atoms with Gasteiger partial charge in [0, 0.05) is 18.5 Å². The maximum Gasteiger partial charge on any atom is 0.230 e. The van der Waals surface area contributed by atoms with Crippen molar-refractivity contribution in [3.63, 3.8) is 0 Å². The maximum atomic E-state index is 12.3. The molecule has 0 bridgehead atoms. The van der Waals surface area contributed by atoms with E-state index in [0.29, 0.717) is 28.9 Å². The number of hydrogen-bond acceptors (Lipinski definition) is 7. The van der Waals surface area contributed by atoms with Gasteiger partial charge in [0.05, 0.1) is 23.6 Å². The van der Waals surface area contributed by atoms with Crippen molar-refractivity contribution in [1.82, 2.24) is 24.9 Å². The van der Waals surface area contributed by atoms with Crippen LogP contribution in [0.2, 0.25) is 0 Å². The lowest BCUT2D eigenvalue weighted by Crippen LogP contribution is -2.32. The Labute approximate surface area is 170 Å². The summed E-state index contributed by atoms with van der Waals surface area (Å²) in [7, 11) is 0. The summed E-state index contributed by atoms with van der Waals surface area (Å²) in [5.74, 6) is 1.40. The van der Waals surface area contributed by atoms with Crippen LogP contribution < -0.4 is 5.32 Å². The van der Waals surface area contributed by atoms with Crippen LogP contribution in [0.4, 0.5) is 0 Å². The average molecular weight is 409 g/mol. The van der Waals surface area contributed by atoms with E-state index < -0.39 is 0 Å². The zero-order valence-electron chi connectivity index (χ0n) is 15.6. The number of hydrogen-bond donors (Lipinski definition) is 1. The van der Waals surface area contributed by atoms with Gasteiger partial charge >= 0.3 is 0 Å². The highest BCUT2D eigenvalue weighted by atomic mass is 32.2. The fourth-order valence-electron chi connectivity index (χ4n) is 3.44. The first kappa shape index (κ1) is 18.1. The Hall–Kier alpha value is -2.91. The topological polar surface area (TPSA) is 94.5 Å². The summed E-state index contributed by atoms with van der Waals surface area (Å²) in [5, 5.41) is 13.1. The zero-order chi connectivity index (χ0) is 19.6. The molecule has 5 rings (SSSR count). The van der Waals surface area contributed by atoms with Gasteiger partial charge in [-0.25, -0.2) is 4.98 Å². The van der Waals surface area contributed by atoms with Crippen LogP contribution in [0.3, 0.4) is 0 Å². The summed E-state index contributed by atoms with van der Waals surface area (Å²) in [6, 6.07) is 11.4. The molecule has 1 N–H and O–H groups in total. The number of rotatable bonds is 6. The van der Waals surface area contributed by atoms with Crippen LogP contribution >= 0.6 is 11.8 Å². The van der Waals surface area contributed by atoms with Gasteiger partial charge in [0.15, 0.2) is 22.4 Å². The van der Waals surface area contributed by atoms with Crippen molar-refractivity contribution < 1.29 is 13.9 Å². The molecule has 1 amide bonds. The normalized spacial score (nSPS) is 16.6. The fourth-order valence-corrected chi connectivity index (χ4v) is 4.20. The fraction of sp³-hybridized carbons (Fsp3) is 0.300. The molecule has 0 radical (unpaired) electrons. The second-order valence-electron chi connectivity index (χ2n) is 6.80. The standard InChI is InChI=1S/C20H19N5O3S/c26-17(21-11-13-5-3-9-27-13)12-29-20-24-23-18-14-6-1-2-7-15(14)22-19(25(18)20)16-8-4-10-28-16/h1-2,4,6-8,10,13H,3,5,9,11-12H2,(H,21,26). The third kappa shape index (κ3) is 3.58. The molecule has 0 saturated carbocycles. The molecular formula is C20H19N5O3S. The van der Waals surface area contributed by atoms with Gasteiger partial charge in [0.1, 0.15) is 0 Å². The minimum atomic E-state index is -0.0597. The molecule has 1 aromatic carbocycles. The van der Waals surface area contributed by atoms with Crippen molar-refractivity contribution in [3.8, 4) is 11.6 Å². The highest BCUT2D eigenvalue weighted by Gasteiger charge is 2.20. The van der Waals surface area contributed by atoms with E-state index >= 15 is 0 Å². The maximum absolute atomic E-state index is 12.3. The molecule has 3 aromatic heterocycles. The number of carbonyl (C=O) groups excluding carboxylic acids is 1. The van der Waals surface area contributed by atoms with E-state index in [-0.39, 0.29) is 17.8 Å². The molecule has 1 unspecified atom stereocenters. The SMILES string of the molecule is O=C(CSc1nnc2c3ccccc3nc(-c3ccco3)n12)NCC1CCCO1. The predicted molar refractivity (Wildman–Crippen MR) is 109 cm³/mol. The van der Waals surface area contributed by atoms with E-state index in [1.165, 1.54) is 11.8 Å². The third-order valence-electron chi connectivity index (χ3n) is 4.84. The lowest BCUT2D eigenvalue weighted by atomic mass is 10.2. The van der Waals surface area contributed by atoms with Crippen LogP contribution in [0, 0.1) is 0 Å². The first-order valence-corrected chi connectivity index (χ1v) is 10.5.